The van der Waals surface area contributed by atoms with Crippen LogP contribution >= 0.6 is 0 Å². The summed E-state index contributed by atoms with van der Waals surface area (Å²) < 4.78 is 5.62. The Bertz CT molecular complexity index is 864. The lowest BCUT2D eigenvalue weighted by Gasteiger charge is -2.47. The van der Waals surface area contributed by atoms with Crippen LogP contribution in [0.15, 0.2) is 30.9 Å². The fraction of sp³-hybridized carbons (Fsp3) is 0.500. The number of Topliss-reactive ketones (excluding diaryl/α,β-unsaturated/α-hetero) is 1. The number of rotatable bonds is 7. The standard InChI is InChI=1S/C22H30N2O5Si/c1-5-8-23-22(28)24-20-18-15-11-13(25)6-7-14(15)16(12-17(18)26)19(20)21(27)29-9-10-30(2,3)4/h5-7,11,16,18-20,25H,1,8-10,12H2,2-4H3,(H2,23,24,28)/t16?,18-,19-,20-/m1/s1. The lowest BCUT2D eigenvalue weighted by Crippen LogP contribution is -2.59. The van der Waals surface area contributed by atoms with Crippen molar-refractivity contribution in [2.45, 2.75) is 50.0 Å². The van der Waals surface area contributed by atoms with E-state index in [-0.39, 0.29) is 36.4 Å². The van der Waals surface area contributed by atoms with Crippen molar-refractivity contribution in [3.05, 3.63) is 42.0 Å². The molecule has 1 aromatic rings. The van der Waals surface area contributed by atoms with Gasteiger partial charge in [-0.2, -0.15) is 0 Å². The minimum atomic E-state index is -1.37. The summed E-state index contributed by atoms with van der Waals surface area (Å²) in [5, 5.41) is 15.4. The molecule has 162 valence electrons. The maximum Gasteiger partial charge on any atom is 0.315 e. The van der Waals surface area contributed by atoms with E-state index >= 15 is 0 Å². The van der Waals surface area contributed by atoms with Crippen molar-refractivity contribution in [1.82, 2.24) is 10.6 Å². The second kappa shape index (κ2) is 8.63. The molecule has 4 atom stereocenters. The Morgan fingerprint density at radius 3 is 2.70 bits per heavy atom. The summed E-state index contributed by atoms with van der Waals surface area (Å²) in [4.78, 5) is 38.3. The minimum absolute atomic E-state index is 0.0433. The molecule has 3 aliphatic carbocycles. The van der Waals surface area contributed by atoms with Gasteiger partial charge in [0.25, 0.3) is 0 Å². The summed E-state index contributed by atoms with van der Waals surface area (Å²) in [6.07, 6.45) is 1.77. The first-order chi connectivity index (χ1) is 14.1. The summed E-state index contributed by atoms with van der Waals surface area (Å²) in [5.41, 5.74) is 1.55. The molecule has 0 heterocycles. The van der Waals surface area contributed by atoms with Crippen LogP contribution in [0.25, 0.3) is 0 Å². The third-order valence-electron chi connectivity index (χ3n) is 5.83. The monoisotopic (exact) mass is 430 g/mol. The first kappa shape index (κ1) is 22.1. The lowest BCUT2D eigenvalue weighted by atomic mass is 9.58. The molecule has 4 rings (SSSR count). The first-order valence-electron chi connectivity index (χ1n) is 10.3. The van der Waals surface area contributed by atoms with Crippen LogP contribution in [0.4, 0.5) is 4.79 Å². The molecule has 0 aromatic heterocycles. The highest BCUT2D eigenvalue weighted by Crippen LogP contribution is 2.52. The van der Waals surface area contributed by atoms with Gasteiger partial charge in [-0.3, -0.25) is 9.59 Å². The van der Waals surface area contributed by atoms with Crippen molar-refractivity contribution in [3.8, 4) is 5.75 Å². The van der Waals surface area contributed by atoms with Crippen molar-refractivity contribution in [2.75, 3.05) is 13.2 Å². The van der Waals surface area contributed by atoms with Gasteiger partial charge in [0.05, 0.1) is 24.5 Å². The molecule has 2 amide bonds. The molecule has 30 heavy (non-hydrogen) atoms. The van der Waals surface area contributed by atoms with Gasteiger partial charge >= 0.3 is 12.0 Å². The van der Waals surface area contributed by atoms with E-state index in [2.05, 4.69) is 36.9 Å². The van der Waals surface area contributed by atoms with E-state index in [1.54, 1.807) is 24.3 Å². The molecular formula is C22H30N2O5Si. The topological polar surface area (TPSA) is 105 Å². The summed E-state index contributed by atoms with van der Waals surface area (Å²) in [7, 11) is -1.37. The zero-order chi connectivity index (χ0) is 22.1. The predicted molar refractivity (Wildman–Crippen MR) is 116 cm³/mol. The Hall–Kier alpha value is -2.61. The predicted octanol–water partition coefficient (Wildman–Crippen LogP) is 2.90. The number of hydrogen-bond donors (Lipinski definition) is 3. The van der Waals surface area contributed by atoms with Crippen molar-refractivity contribution in [3.63, 3.8) is 0 Å². The Morgan fingerprint density at radius 1 is 1.30 bits per heavy atom. The maximum atomic E-state index is 13.1. The van der Waals surface area contributed by atoms with Crippen LogP contribution in [-0.2, 0) is 14.3 Å². The van der Waals surface area contributed by atoms with E-state index in [0.717, 1.165) is 11.6 Å². The molecule has 1 fully saturated rings. The number of aromatic hydroxyl groups is 1. The molecule has 0 saturated heterocycles. The van der Waals surface area contributed by atoms with E-state index in [0.29, 0.717) is 12.2 Å². The van der Waals surface area contributed by atoms with E-state index < -0.39 is 32.0 Å². The van der Waals surface area contributed by atoms with Gasteiger partial charge in [0, 0.05) is 27.0 Å². The number of hydrogen-bond acceptors (Lipinski definition) is 5. The normalized spacial score (nSPS) is 24.7. The van der Waals surface area contributed by atoms with Crippen LogP contribution in [0, 0.1) is 5.92 Å². The largest absolute Gasteiger partial charge is 0.508 e. The maximum absolute atomic E-state index is 13.1. The number of carbonyl (C=O) groups excluding carboxylic acids is 3. The van der Waals surface area contributed by atoms with Crippen LogP contribution in [0.3, 0.4) is 0 Å². The van der Waals surface area contributed by atoms with Gasteiger partial charge in [0.2, 0.25) is 0 Å². The average molecular weight is 431 g/mol. The highest BCUT2D eigenvalue weighted by molar-refractivity contribution is 6.76. The van der Waals surface area contributed by atoms with Crippen molar-refractivity contribution in [1.29, 1.82) is 0 Å². The molecule has 7 nitrogen and oxygen atoms in total. The highest BCUT2D eigenvalue weighted by Gasteiger charge is 2.55. The quantitative estimate of drug-likeness (QED) is 0.350. The van der Waals surface area contributed by atoms with Crippen LogP contribution in [-0.4, -0.2) is 50.2 Å². The van der Waals surface area contributed by atoms with Gasteiger partial charge in [0.1, 0.15) is 11.5 Å². The second-order valence-corrected chi connectivity index (χ2v) is 14.9. The zero-order valence-electron chi connectivity index (χ0n) is 17.7. The van der Waals surface area contributed by atoms with Crippen molar-refractivity contribution < 1.29 is 24.2 Å². The molecule has 2 bridgehead atoms. The number of esters is 1. The third kappa shape index (κ3) is 4.58. The van der Waals surface area contributed by atoms with Crippen LogP contribution in [0.2, 0.25) is 25.7 Å². The van der Waals surface area contributed by atoms with Crippen LogP contribution in [0.5, 0.6) is 5.75 Å². The number of phenolic OH excluding ortho intramolecular Hbond substituents is 1. The van der Waals surface area contributed by atoms with E-state index in [9.17, 15) is 19.5 Å². The highest BCUT2D eigenvalue weighted by atomic mass is 28.3. The Labute approximate surface area is 177 Å². The number of benzene rings is 1. The van der Waals surface area contributed by atoms with E-state index in [1.807, 2.05) is 0 Å². The van der Waals surface area contributed by atoms with E-state index in [4.69, 9.17) is 4.74 Å². The molecular weight excluding hydrogens is 400 g/mol. The van der Waals surface area contributed by atoms with E-state index in [1.165, 1.54) is 0 Å². The van der Waals surface area contributed by atoms with Gasteiger partial charge < -0.3 is 20.5 Å². The summed E-state index contributed by atoms with van der Waals surface area (Å²) in [6.45, 7) is 10.8. The second-order valence-electron chi connectivity index (χ2n) is 9.24. The molecule has 0 aliphatic heterocycles. The van der Waals surface area contributed by atoms with Crippen LogP contribution in [0.1, 0.15) is 29.4 Å². The number of fused-ring (bicyclic) bond motifs is 2. The van der Waals surface area contributed by atoms with Crippen molar-refractivity contribution >= 4 is 25.9 Å². The number of nitrogens with one attached hydrogen (secondary N) is 2. The molecule has 0 spiro atoms. The fourth-order valence-corrected chi connectivity index (χ4v) is 5.09. The summed E-state index contributed by atoms with van der Waals surface area (Å²) >= 11 is 0. The molecule has 1 unspecified atom stereocenters. The zero-order valence-corrected chi connectivity index (χ0v) is 18.7. The number of amides is 2. The number of urea groups is 1. The molecule has 0 radical (unpaired) electrons. The Balaban J connectivity index is 1.90. The first-order valence-corrected chi connectivity index (χ1v) is 14.0. The van der Waals surface area contributed by atoms with Crippen molar-refractivity contribution in [2.24, 2.45) is 5.92 Å². The minimum Gasteiger partial charge on any atom is -0.508 e. The third-order valence-corrected chi connectivity index (χ3v) is 7.53. The Kier molecular flexibility index (Phi) is 6.35. The molecule has 1 saturated carbocycles. The molecule has 3 N–H and O–H groups in total. The summed E-state index contributed by atoms with van der Waals surface area (Å²) in [6, 6.07) is 4.55. The van der Waals surface area contributed by atoms with Gasteiger partial charge in [-0.15, -0.1) is 6.58 Å². The number of carbonyl (C=O) groups is 3. The average Bonchev–Trinajstić information content (AvgIpc) is 2.64. The van der Waals surface area contributed by atoms with Gasteiger partial charge in [0.15, 0.2) is 0 Å². The SMILES string of the molecule is C=CCNC(=O)N[C@H]1[C@H](C(=O)OCC[Si](C)(C)C)C2CC(=O)[C@H]1c1cc(O)ccc12. The molecule has 8 heteroatoms. The lowest BCUT2D eigenvalue weighted by molar-refractivity contribution is -0.152. The van der Waals surface area contributed by atoms with Gasteiger partial charge in [-0.25, -0.2) is 4.79 Å². The van der Waals surface area contributed by atoms with Crippen LogP contribution < -0.4 is 10.6 Å². The molecule has 3 aliphatic rings. The Morgan fingerprint density at radius 2 is 2.03 bits per heavy atom. The number of phenols is 1. The van der Waals surface area contributed by atoms with Gasteiger partial charge in [-0.1, -0.05) is 31.8 Å². The number of ether oxygens (including phenoxy) is 1. The number of ketones is 1. The molecule has 1 aromatic carbocycles. The summed E-state index contributed by atoms with van der Waals surface area (Å²) in [5.74, 6) is -2.11. The smallest absolute Gasteiger partial charge is 0.315 e. The fourth-order valence-electron chi connectivity index (χ4n) is 4.37. The van der Waals surface area contributed by atoms with Gasteiger partial charge in [-0.05, 0) is 29.3 Å².